The molecule has 1 amide bonds. The highest BCUT2D eigenvalue weighted by Gasteiger charge is 2.36. The first-order chi connectivity index (χ1) is 15.8. The van der Waals surface area contributed by atoms with Crippen molar-refractivity contribution in [3.8, 4) is 34.7 Å². The minimum Gasteiger partial charge on any atom is -0.493 e. The highest BCUT2D eigenvalue weighted by Crippen LogP contribution is 2.47. The molecule has 1 aromatic heterocycles. The third-order valence-electron chi connectivity index (χ3n) is 5.04. The predicted octanol–water partition coefficient (Wildman–Crippen LogP) is 3.47. The number of hydrogen-bond acceptors (Lipinski definition) is 7. The normalized spacial score (nSPS) is 14.8. The van der Waals surface area contributed by atoms with Crippen LogP contribution in [0.3, 0.4) is 0 Å². The number of rotatable bonds is 6. The summed E-state index contributed by atoms with van der Waals surface area (Å²) in [6.07, 6.45) is 0. The van der Waals surface area contributed by atoms with Crippen LogP contribution >= 0.6 is 23.2 Å². The summed E-state index contributed by atoms with van der Waals surface area (Å²) in [6.45, 7) is -0.309. The van der Waals surface area contributed by atoms with Crippen LogP contribution in [-0.4, -0.2) is 29.8 Å². The fourth-order valence-electron chi connectivity index (χ4n) is 3.58. The first-order valence-electron chi connectivity index (χ1n) is 9.54. The van der Waals surface area contributed by atoms with Gasteiger partial charge in [-0.3, -0.25) is 9.89 Å². The summed E-state index contributed by atoms with van der Waals surface area (Å²) in [5.41, 5.74) is 13.9. The molecule has 1 aliphatic rings. The number of primary amides is 1. The van der Waals surface area contributed by atoms with E-state index >= 15 is 0 Å². The molecule has 0 saturated heterocycles. The number of nitrogens with zero attached hydrogens (tertiary/aromatic N) is 2. The van der Waals surface area contributed by atoms with Crippen molar-refractivity contribution in [2.45, 2.75) is 5.92 Å². The van der Waals surface area contributed by atoms with Gasteiger partial charge in [0, 0.05) is 5.56 Å². The first kappa shape index (κ1) is 22.3. The van der Waals surface area contributed by atoms with Gasteiger partial charge in [0.2, 0.25) is 11.8 Å². The van der Waals surface area contributed by atoms with Crippen LogP contribution in [0, 0.1) is 11.3 Å². The number of carbonyl (C=O) groups is 1. The Morgan fingerprint density at radius 2 is 2.03 bits per heavy atom. The zero-order valence-corrected chi connectivity index (χ0v) is 18.7. The number of carbonyl (C=O) groups excluding carboxylic acids is 1. The molecule has 33 heavy (non-hydrogen) atoms. The minimum absolute atomic E-state index is 0.0600. The summed E-state index contributed by atoms with van der Waals surface area (Å²) in [5, 5.41) is 17.8. The fraction of sp³-hybridized carbons (Fsp3) is 0.136. The van der Waals surface area contributed by atoms with E-state index < -0.39 is 11.8 Å². The number of benzene rings is 2. The Hall–Kier alpha value is -3.87. The summed E-state index contributed by atoms with van der Waals surface area (Å²) >= 11 is 12.3. The number of fused-ring (bicyclic) bond motifs is 1. The Bertz CT molecular complexity index is 1330. The number of halogens is 2. The van der Waals surface area contributed by atoms with Gasteiger partial charge >= 0.3 is 0 Å². The number of aromatic amines is 1. The van der Waals surface area contributed by atoms with E-state index in [-0.39, 0.29) is 23.9 Å². The van der Waals surface area contributed by atoms with Crippen LogP contribution < -0.4 is 25.7 Å². The molecule has 0 radical (unpaired) electrons. The molecule has 1 aliphatic heterocycles. The average Bonchev–Trinajstić information content (AvgIpc) is 3.21. The van der Waals surface area contributed by atoms with E-state index in [2.05, 4.69) is 16.3 Å². The van der Waals surface area contributed by atoms with Crippen molar-refractivity contribution in [2.75, 3.05) is 13.7 Å². The summed E-state index contributed by atoms with van der Waals surface area (Å²) < 4.78 is 16.4. The molecule has 2 aromatic carbocycles. The monoisotopic (exact) mass is 485 g/mol. The second-order valence-corrected chi connectivity index (χ2v) is 7.85. The maximum absolute atomic E-state index is 11.1. The van der Waals surface area contributed by atoms with E-state index in [0.717, 1.165) is 0 Å². The van der Waals surface area contributed by atoms with Gasteiger partial charge in [-0.25, -0.2) is 0 Å². The Kier molecular flexibility index (Phi) is 6.05. The van der Waals surface area contributed by atoms with Gasteiger partial charge in [-0.15, -0.1) is 5.10 Å². The minimum atomic E-state index is -0.638. The number of ether oxygens (including phenoxy) is 3. The lowest BCUT2D eigenvalue weighted by molar-refractivity contribution is -0.119. The Morgan fingerprint density at radius 3 is 2.70 bits per heavy atom. The highest BCUT2D eigenvalue weighted by atomic mass is 35.5. The lowest BCUT2D eigenvalue weighted by Crippen LogP contribution is -2.21. The van der Waals surface area contributed by atoms with Gasteiger partial charge in [0.1, 0.15) is 11.6 Å². The number of hydrogen-bond donors (Lipinski definition) is 3. The molecule has 5 N–H and O–H groups in total. The van der Waals surface area contributed by atoms with Crippen molar-refractivity contribution in [1.29, 1.82) is 5.26 Å². The van der Waals surface area contributed by atoms with Crippen LogP contribution in [-0.2, 0) is 4.79 Å². The molecule has 0 saturated carbocycles. The van der Waals surface area contributed by atoms with E-state index in [0.29, 0.717) is 43.9 Å². The molecule has 0 spiro atoms. The number of H-pyrrole nitrogens is 1. The van der Waals surface area contributed by atoms with Crippen molar-refractivity contribution in [3.05, 3.63) is 69.0 Å². The first-order valence-corrected chi connectivity index (χ1v) is 10.3. The third kappa shape index (κ3) is 4.14. The second kappa shape index (κ2) is 8.94. The lowest BCUT2D eigenvalue weighted by atomic mass is 9.83. The number of nitrogens with one attached hydrogen (secondary N) is 1. The van der Waals surface area contributed by atoms with Crippen LogP contribution in [0.15, 0.2) is 47.9 Å². The topological polar surface area (TPSA) is 149 Å². The van der Waals surface area contributed by atoms with Gasteiger partial charge < -0.3 is 25.7 Å². The molecule has 168 valence electrons. The fourth-order valence-corrected chi connectivity index (χ4v) is 3.88. The molecule has 4 rings (SSSR count). The van der Waals surface area contributed by atoms with E-state index in [1.54, 1.807) is 36.4 Å². The number of nitriles is 1. The summed E-state index contributed by atoms with van der Waals surface area (Å²) in [7, 11) is 1.46. The van der Waals surface area contributed by atoms with Crippen LogP contribution in [0.1, 0.15) is 17.0 Å². The van der Waals surface area contributed by atoms with E-state index in [9.17, 15) is 10.1 Å². The molecule has 3 aromatic rings. The Labute approximate surface area is 198 Å². The average molecular weight is 486 g/mol. The Balaban J connectivity index is 1.87. The van der Waals surface area contributed by atoms with Crippen molar-refractivity contribution < 1.29 is 19.0 Å². The van der Waals surface area contributed by atoms with Gasteiger partial charge in [-0.2, -0.15) is 5.26 Å². The number of allylic oxidation sites excluding steroid dienone is 1. The van der Waals surface area contributed by atoms with Crippen LogP contribution in [0.4, 0.5) is 0 Å². The van der Waals surface area contributed by atoms with Crippen LogP contribution in [0.2, 0.25) is 10.0 Å². The largest absolute Gasteiger partial charge is 0.493 e. The number of nitrogens with two attached hydrogens (primary N) is 2. The second-order valence-electron chi connectivity index (χ2n) is 7.04. The summed E-state index contributed by atoms with van der Waals surface area (Å²) in [6, 6.07) is 12.3. The quantitative estimate of drug-likeness (QED) is 0.483. The van der Waals surface area contributed by atoms with Crippen LogP contribution in [0.5, 0.6) is 17.4 Å². The lowest BCUT2D eigenvalue weighted by Gasteiger charge is -2.25. The molecule has 2 heterocycles. The number of aromatic nitrogens is 2. The van der Waals surface area contributed by atoms with Gasteiger partial charge in [0.15, 0.2) is 18.1 Å². The molecule has 9 nitrogen and oxygen atoms in total. The maximum Gasteiger partial charge on any atom is 0.255 e. The van der Waals surface area contributed by atoms with Crippen LogP contribution in [0.25, 0.3) is 11.3 Å². The molecule has 0 fully saturated rings. The number of methoxy groups -OCH3 is 1. The zero-order chi connectivity index (χ0) is 23.7. The third-order valence-corrected chi connectivity index (χ3v) is 5.78. The maximum atomic E-state index is 11.1. The smallest absolute Gasteiger partial charge is 0.255 e. The van der Waals surface area contributed by atoms with Crippen molar-refractivity contribution in [1.82, 2.24) is 10.2 Å². The van der Waals surface area contributed by atoms with E-state index in [1.165, 1.54) is 7.11 Å². The molecule has 1 atom stereocenters. The molecular formula is C22H17Cl2N5O4. The van der Waals surface area contributed by atoms with Crippen molar-refractivity contribution in [3.63, 3.8) is 0 Å². The SMILES string of the molecule is COc1cc([C@@H]2C(C#N)=C(N)Oc3n[nH]c(-c4ccc(Cl)c(Cl)c4)c32)ccc1OCC(N)=O. The standard InChI is InChI=1S/C22H17Cl2N5O4/c1-31-16-7-10(3-5-15(16)32-9-17(26)30)18-12(8-25)21(27)33-22-19(18)20(28-29-22)11-2-4-13(23)14(24)6-11/h2-7,18H,9,27H2,1H3,(H2,26,30)(H,28,29)/t18-/m1/s1. The zero-order valence-electron chi connectivity index (χ0n) is 17.2. The van der Waals surface area contributed by atoms with Crippen molar-refractivity contribution >= 4 is 29.1 Å². The molecule has 0 bridgehead atoms. The molecule has 11 heteroatoms. The predicted molar refractivity (Wildman–Crippen MR) is 121 cm³/mol. The molecule has 0 aliphatic carbocycles. The van der Waals surface area contributed by atoms with Gasteiger partial charge in [0.25, 0.3) is 5.91 Å². The Morgan fingerprint density at radius 1 is 1.24 bits per heavy atom. The van der Waals surface area contributed by atoms with E-state index in [4.69, 9.17) is 48.9 Å². The highest BCUT2D eigenvalue weighted by molar-refractivity contribution is 6.42. The summed E-state index contributed by atoms with van der Waals surface area (Å²) in [5.74, 6) is -0.430. The summed E-state index contributed by atoms with van der Waals surface area (Å²) in [4.78, 5) is 11.1. The molecule has 0 unspecified atom stereocenters. The molecular weight excluding hydrogens is 469 g/mol. The van der Waals surface area contributed by atoms with Gasteiger partial charge in [-0.05, 0) is 29.8 Å². The number of amides is 1. The van der Waals surface area contributed by atoms with Gasteiger partial charge in [0.05, 0.1) is 34.3 Å². The van der Waals surface area contributed by atoms with Gasteiger partial charge in [-0.1, -0.05) is 35.3 Å². The van der Waals surface area contributed by atoms with Crippen molar-refractivity contribution in [2.24, 2.45) is 11.5 Å². The van der Waals surface area contributed by atoms with E-state index in [1.807, 2.05) is 0 Å².